The first-order valence-corrected chi connectivity index (χ1v) is 16.4. The van der Waals surface area contributed by atoms with Gasteiger partial charge in [0.05, 0.1) is 16.7 Å². The van der Waals surface area contributed by atoms with Gasteiger partial charge in [-0.25, -0.2) is 0 Å². The van der Waals surface area contributed by atoms with E-state index >= 15 is 0 Å². The van der Waals surface area contributed by atoms with Gasteiger partial charge in [0, 0.05) is 33.4 Å². The molecule has 0 saturated heterocycles. The van der Waals surface area contributed by atoms with Crippen molar-refractivity contribution in [3.63, 3.8) is 0 Å². The Balaban J connectivity index is 1.11. The minimum absolute atomic E-state index is 1.12. The fraction of sp³-hybridized carbons (Fsp3) is 0. The van der Waals surface area contributed by atoms with Gasteiger partial charge in [-0.2, -0.15) is 0 Å². The summed E-state index contributed by atoms with van der Waals surface area (Å²) in [7, 11) is 0. The Labute approximate surface area is 280 Å². The van der Waals surface area contributed by atoms with Crippen molar-refractivity contribution in [3.05, 3.63) is 194 Å². The van der Waals surface area contributed by atoms with Crippen LogP contribution in [0.15, 0.2) is 194 Å². The highest BCUT2D eigenvalue weighted by atomic mass is 15.1. The van der Waals surface area contributed by atoms with E-state index in [1.54, 1.807) is 0 Å². The van der Waals surface area contributed by atoms with Gasteiger partial charge in [0.1, 0.15) is 0 Å². The summed E-state index contributed by atoms with van der Waals surface area (Å²) in [5, 5.41) is 5.00. The highest BCUT2D eigenvalue weighted by Crippen LogP contribution is 2.39. The second-order valence-corrected chi connectivity index (χ2v) is 12.2. The Bertz CT molecular complexity index is 2510. The molecule has 2 nitrogen and oxygen atoms in total. The SMILES string of the molecule is c1ccc(N(c2ccc(-c3cccc(-c4ccccc4-n4c5ccccc5c5ccccc54)c3)cc2)c2ccc3ccccc3c2)cc1. The summed E-state index contributed by atoms with van der Waals surface area (Å²) in [6.07, 6.45) is 0. The van der Waals surface area contributed by atoms with E-state index in [9.17, 15) is 0 Å². The van der Waals surface area contributed by atoms with E-state index in [0.29, 0.717) is 0 Å². The van der Waals surface area contributed by atoms with Crippen molar-refractivity contribution in [2.24, 2.45) is 0 Å². The number of benzene rings is 8. The van der Waals surface area contributed by atoms with Crippen molar-refractivity contribution in [1.82, 2.24) is 4.57 Å². The topological polar surface area (TPSA) is 8.17 Å². The third-order valence-corrected chi connectivity index (χ3v) is 9.36. The molecule has 0 bridgehead atoms. The van der Waals surface area contributed by atoms with E-state index in [2.05, 4.69) is 204 Å². The van der Waals surface area contributed by atoms with Gasteiger partial charge < -0.3 is 9.47 Å². The minimum atomic E-state index is 1.12. The molecule has 0 unspecified atom stereocenters. The fourth-order valence-corrected chi connectivity index (χ4v) is 7.10. The summed E-state index contributed by atoms with van der Waals surface area (Å²) < 4.78 is 2.41. The van der Waals surface area contributed by atoms with Crippen molar-refractivity contribution in [2.45, 2.75) is 0 Å². The van der Waals surface area contributed by atoms with E-state index in [1.807, 2.05) is 0 Å². The monoisotopic (exact) mass is 612 g/mol. The molecule has 0 aliphatic rings. The Hall–Kier alpha value is -6.38. The molecule has 2 heteroatoms. The molecule has 1 heterocycles. The summed E-state index contributed by atoms with van der Waals surface area (Å²) in [5.41, 5.74) is 11.8. The predicted molar refractivity (Wildman–Crippen MR) is 204 cm³/mol. The largest absolute Gasteiger partial charge is 0.310 e. The first kappa shape index (κ1) is 27.9. The van der Waals surface area contributed by atoms with Gasteiger partial charge in [0.25, 0.3) is 0 Å². The molecule has 0 aliphatic carbocycles. The Morgan fingerprint density at radius 2 is 0.917 bits per heavy atom. The zero-order valence-corrected chi connectivity index (χ0v) is 26.4. The predicted octanol–water partition coefficient (Wildman–Crippen LogP) is 12.7. The van der Waals surface area contributed by atoms with Gasteiger partial charge in [-0.1, -0.05) is 133 Å². The Morgan fingerprint density at radius 1 is 0.333 bits per heavy atom. The molecule has 226 valence electrons. The summed E-state index contributed by atoms with van der Waals surface area (Å²) >= 11 is 0. The molecular weight excluding hydrogens is 581 g/mol. The second-order valence-electron chi connectivity index (χ2n) is 12.2. The fourth-order valence-electron chi connectivity index (χ4n) is 7.10. The van der Waals surface area contributed by atoms with Crippen LogP contribution in [0, 0.1) is 0 Å². The molecule has 8 aromatic carbocycles. The van der Waals surface area contributed by atoms with Gasteiger partial charge >= 0.3 is 0 Å². The Morgan fingerprint density at radius 3 is 1.69 bits per heavy atom. The number of nitrogens with zero attached hydrogens (tertiary/aromatic N) is 2. The van der Waals surface area contributed by atoms with Crippen LogP contribution < -0.4 is 4.90 Å². The molecule has 9 rings (SSSR count). The van der Waals surface area contributed by atoms with Crippen LogP contribution in [0.4, 0.5) is 17.1 Å². The zero-order chi connectivity index (χ0) is 31.9. The zero-order valence-electron chi connectivity index (χ0n) is 26.4. The van der Waals surface area contributed by atoms with Crippen LogP contribution in [-0.2, 0) is 0 Å². The molecule has 0 N–H and O–H groups in total. The average Bonchev–Trinajstić information content (AvgIpc) is 3.50. The summed E-state index contributed by atoms with van der Waals surface area (Å²) in [6, 6.07) is 69.8. The van der Waals surface area contributed by atoms with Crippen molar-refractivity contribution >= 4 is 49.6 Å². The normalized spacial score (nSPS) is 11.3. The van der Waals surface area contributed by atoms with E-state index < -0.39 is 0 Å². The number of rotatable bonds is 6. The lowest BCUT2D eigenvalue weighted by Crippen LogP contribution is -2.09. The van der Waals surface area contributed by atoms with Crippen LogP contribution in [0.2, 0.25) is 0 Å². The van der Waals surface area contributed by atoms with E-state index in [-0.39, 0.29) is 0 Å². The van der Waals surface area contributed by atoms with Gasteiger partial charge in [0.15, 0.2) is 0 Å². The molecule has 0 aliphatic heterocycles. The molecule has 9 aromatic rings. The summed E-state index contributed by atoms with van der Waals surface area (Å²) in [6.45, 7) is 0. The van der Waals surface area contributed by atoms with Crippen molar-refractivity contribution in [3.8, 4) is 27.9 Å². The highest BCUT2D eigenvalue weighted by molar-refractivity contribution is 6.09. The number of fused-ring (bicyclic) bond motifs is 4. The van der Waals surface area contributed by atoms with Crippen LogP contribution in [0.1, 0.15) is 0 Å². The van der Waals surface area contributed by atoms with Gasteiger partial charge in [-0.15, -0.1) is 0 Å². The van der Waals surface area contributed by atoms with Crippen molar-refractivity contribution in [2.75, 3.05) is 4.90 Å². The lowest BCUT2D eigenvalue weighted by molar-refractivity contribution is 1.18. The van der Waals surface area contributed by atoms with E-state index in [0.717, 1.165) is 17.1 Å². The third-order valence-electron chi connectivity index (χ3n) is 9.36. The molecule has 0 fully saturated rings. The molecule has 0 radical (unpaired) electrons. The van der Waals surface area contributed by atoms with Crippen molar-refractivity contribution < 1.29 is 0 Å². The summed E-state index contributed by atoms with van der Waals surface area (Å²) in [4.78, 5) is 2.33. The number of aromatic nitrogens is 1. The molecule has 0 saturated carbocycles. The van der Waals surface area contributed by atoms with E-state index in [4.69, 9.17) is 0 Å². The lowest BCUT2D eigenvalue weighted by Gasteiger charge is -2.26. The van der Waals surface area contributed by atoms with Crippen LogP contribution in [0.25, 0.3) is 60.5 Å². The molecule has 0 atom stereocenters. The number of hydrogen-bond donors (Lipinski definition) is 0. The average molecular weight is 613 g/mol. The van der Waals surface area contributed by atoms with Crippen LogP contribution in [-0.4, -0.2) is 4.57 Å². The molecule has 0 spiro atoms. The van der Waals surface area contributed by atoms with E-state index in [1.165, 1.54) is 60.5 Å². The maximum absolute atomic E-state index is 2.41. The Kier molecular flexibility index (Phi) is 6.84. The number of para-hydroxylation sites is 4. The lowest BCUT2D eigenvalue weighted by atomic mass is 9.97. The van der Waals surface area contributed by atoms with Crippen LogP contribution in [0.3, 0.4) is 0 Å². The van der Waals surface area contributed by atoms with Gasteiger partial charge in [-0.3, -0.25) is 0 Å². The molecular formula is C46H32N2. The smallest absolute Gasteiger partial charge is 0.0541 e. The molecule has 1 aromatic heterocycles. The number of hydrogen-bond acceptors (Lipinski definition) is 1. The molecule has 0 amide bonds. The maximum atomic E-state index is 2.41. The second kappa shape index (κ2) is 11.8. The number of anilines is 3. The maximum Gasteiger partial charge on any atom is 0.0541 e. The third kappa shape index (κ3) is 4.83. The van der Waals surface area contributed by atoms with Gasteiger partial charge in [0.2, 0.25) is 0 Å². The van der Waals surface area contributed by atoms with Crippen LogP contribution in [0.5, 0.6) is 0 Å². The van der Waals surface area contributed by atoms with Crippen LogP contribution >= 0.6 is 0 Å². The summed E-state index contributed by atoms with van der Waals surface area (Å²) in [5.74, 6) is 0. The first-order valence-electron chi connectivity index (χ1n) is 16.4. The highest BCUT2D eigenvalue weighted by Gasteiger charge is 2.16. The quantitative estimate of drug-likeness (QED) is 0.181. The standard InChI is InChI=1S/C46H32N2/c1-2-17-38(18-3-1)47(40-30-27-33-13-4-5-14-36(33)32-40)39-28-25-34(26-29-39)35-15-12-16-37(31-35)41-19-6-9-22-44(41)48-45-23-10-7-20-42(45)43-21-8-11-24-46(43)48/h1-32H. The molecule has 48 heavy (non-hydrogen) atoms. The van der Waals surface area contributed by atoms with Gasteiger partial charge in [-0.05, 0) is 88.1 Å². The minimum Gasteiger partial charge on any atom is -0.310 e. The first-order chi connectivity index (χ1) is 23.8. The van der Waals surface area contributed by atoms with Crippen molar-refractivity contribution in [1.29, 1.82) is 0 Å².